The molecule has 1 aromatic rings. The van der Waals surface area contributed by atoms with Crippen LogP contribution in [-0.4, -0.2) is 29.7 Å². The number of ether oxygens (including phenoxy) is 1. The van der Waals surface area contributed by atoms with E-state index < -0.39 is 0 Å². The average Bonchev–Trinajstić information content (AvgIpc) is 2.65. The Hall–Kier alpha value is -0.870. The molecule has 0 spiro atoms. The van der Waals surface area contributed by atoms with Crippen molar-refractivity contribution in [3.63, 3.8) is 0 Å². The predicted octanol–water partition coefficient (Wildman–Crippen LogP) is 1.62. The quantitative estimate of drug-likeness (QED) is 0.815. The number of nitrogens with zero attached hydrogens (tertiary/aromatic N) is 1. The van der Waals surface area contributed by atoms with E-state index in [1.54, 1.807) is 0 Å². The minimum atomic E-state index is 0.396. The summed E-state index contributed by atoms with van der Waals surface area (Å²) >= 11 is 0. The Labute approximate surface area is 96.8 Å². The monoisotopic (exact) mass is 223 g/mol. The molecule has 0 unspecified atom stereocenters. The molecule has 0 saturated carbocycles. The zero-order valence-electron chi connectivity index (χ0n) is 10.2. The molecule has 0 radical (unpaired) electrons. The number of rotatable bonds is 4. The average molecular weight is 223 g/mol. The molecule has 2 heterocycles. The summed E-state index contributed by atoms with van der Waals surface area (Å²) < 4.78 is 5.39. The largest absolute Gasteiger partial charge is 0.381 e. The van der Waals surface area contributed by atoms with Crippen molar-refractivity contribution in [1.29, 1.82) is 0 Å². The molecular weight excluding hydrogens is 202 g/mol. The molecule has 0 atom stereocenters. The Morgan fingerprint density at radius 1 is 1.50 bits per heavy atom. The van der Waals surface area contributed by atoms with Crippen LogP contribution < -0.4 is 5.32 Å². The van der Waals surface area contributed by atoms with Crippen LogP contribution in [0.25, 0.3) is 0 Å². The van der Waals surface area contributed by atoms with Gasteiger partial charge < -0.3 is 15.0 Å². The second-order valence-corrected chi connectivity index (χ2v) is 5.02. The summed E-state index contributed by atoms with van der Waals surface area (Å²) in [4.78, 5) is 7.41. The van der Waals surface area contributed by atoms with Crippen LogP contribution in [0.3, 0.4) is 0 Å². The number of hydrogen-bond acceptors (Lipinski definition) is 3. The lowest BCUT2D eigenvalue weighted by atomic mass is 9.82. The fourth-order valence-electron chi connectivity index (χ4n) is 2.10. The zero-order valence-corrected chi connectivity index (χ0v) is 10.2. The second-order valence-electron chi connectivity index (χ2n) is 5.02. The molecule has 0 aliphatic carbocycles. The summed E-state index contributed by atoms with van der Waals surface area (Å²) in [6.07, 6.45) is 4.21. The lowest BCUT2D eigenvalue weighted by Gasteiger charge is -2.33. The molecule has 90 valence electrons. The standard InChI is InChI=1S/C12H21N3O/c1-10-14-8-11(15-10)7-13-9-12(2)3-5-16-6-4-12/h8,13H,3-7,9H2,1-2H3,(H,14,15). The highest BCUT2D eigenvalue weighted by atomic mass is 16.5. The number of aromatic amines is 1. The Balaban J connectivity index is 1.74. The number of aryl methyl sites for hydroxylation is 1. The molecule has 4 heteroatoms. The summed E-state index contributed by atoms with van der Waals surface area (Å²) in [5, 5.41) is 3.50. The molecule has 0 amide bonds. The highest BCUT2D eigenvalue weighted by Gasteiger charge is 2.26. The van der Waals surface area contributed by atoms with Gasteiger partial charge in [-0.05, 0) is 25.2 Å². The second kappa shape index (κ2) is 4.97. The van der Waals surface area contributed by atoms with Crippen molar-refractivity contribution in [2.75, 3.05) is 19.8 Å². The first-order chi connectivity index (χ1) is 7.68. The van der Waals surface area contributed by atoms with Crippen LogP contribution in [0.15, 0.2) is 6.20 Å². The van der Waals surface area contributed by atoms with E-state index in [2.05, 4.69) is 22.2 Å². The van der Waals surface area contributed by atoms with Gasteiger partial charge in [-0.15, -0.1) is 0 Å². The number of imidazole rings is 1. The zero-order chi connectivity index (χ0) is 11.4. The number of aromatic nitrogens is 2. The third-order valence-corrected chi connectivity index (χ3v) is 3.32. The molecule has 0 bridgehead atoms. The predicted molar refractivity (Wildman–Crippen MR) is 63.2 cm³/mol. The number of H-pyrrole nitrogens is 1. The molecule has 2 N–H and O–H groups in total. The van der Waals surface area contributed by atoms with E-state index in [0.717, 1.165) is 50.7 Å². The van der Waals surface area contributed by atoms with Gasteiger partial charge in [-0.3, -0.25) is 0 Å². The summed E-state index contributed by atoms with van der Waals surface area (Å²) in [5.74, 6) is 0.981. The van der Waals surface area contributed by atoms with E-state index >= 15 is 0 Å². The lowest BCUT2D eigenvalue weighted by Crippen LogP contribution is -2.36. The molecule has 1 fully saturated rings. The number of hydrogen-bond donors (Lipinski definition) is 2. The summed E-state index contributed by atoms with van der Waals surface area (Å²) in [6.45, 7) is 8.04. The van der Waals surface area contributed by atoms with Crippen molar-refractivity contribution in [2.45, 2.75) is 33.2 Å². The van der Waals surface area contributed by atoms with Gasteiger partial charge in [0.15, 0.2) is 0 Å². The topological polar surface area (TPSA) is 49.9 Å². The normalized spacial score (nSPS) is 19.9. The van der Waals surface area contributed by atoms with Gasteiger partial charge in [0, 0.05) is 38.2 Å². The van der Waals surface area contributed by atoms with E-state index in [1.807, 2.05) is 13.1 Å². The van der Waals surface area contributed by atoms with E-state index in [9.17, 15) is 0 Å². The molecule has 16 heavy (non-hydrogen) atoms. The molecule has 4 nitrogen and oxygen atoms in total. The minimum absolute atomic E-state index is 0.396. The van der Waals surface area contributed by atoms with Crippen LogP contribution in [0.2, 0.25) is 0 Å². The Bertz CT molecular complexity index is 329. The van der Waals surface area contributed by atoms with E-state index in [1.165, 1.54) is 0 Å². The third kappa shape index (κ3) is 3.06. The van der Waals surface area contributed by atoms with Crippen molar-refractivity contribution in [1.82, 2.24) is 15.3 Å². The molecule has 2 rings (SSSR count). The van der Waals surface area contributed by atoms with Gasteiger partial charge in [-0.25, -0.2) is 4.98 Å². The first-order valence-electron chi connectivity index (χ1n) is 5.97. The first-order valence-corrected chi connectivity index (χ1v) is 5.97. The van der Waals surface area contributed by atoms with Crippen LogP contribution in [0.1, 0.15) is 31.3 Å². The molecule has 1 saturated heterocycles. The van der Waals surface area contributed by atoms with Crippen molar-refractivity contribution in [3.8, 4) is 0 Å². The van der Waals surface area contributed by atoms with Crippen LogP contribution in [0.4, 0.5) is 0 Å². The Morgan fingerprint density at radius 2 is 2.25 bits per heavy atom. The highest BCUT2D eigenvalue weighted by molar-refractivity contribution is 4.99. The van der Waals surface area contributed by atoms with Crippen LogP contribution >= 0.6 is 0 Å². The minimum Gasteiger partial charge on any atom is -0.381 e. The maximum absolute atomic E-state index is 5.39. The maximum Gasteiger partial charge on any atom is 0.103 e. The van der Waals surface area contributed by atoms with Gasteiger partial charge in [0.05, 0.1) is 0 Å². The smallest absolute Gasteiger partial charge is 0.103 e. The van der Waals surface area contributed by atoms with E-state index in [-0.39, 0.29) is 0 Å². The van der Waals surface area contributed by atoms with Gasteiger partial charge in [0.25, 0.3) is 0 Å². The summed E-state index contributed by atoms with van der Waals surface area (Å²) in [5.41, 5.74) is 1.56. The van der Waals surface area contributed by atoms with Crippen molar-refractivity contribution in [2.24, 2.45) is 5.41 Å². The van der Waals surface area contributed by atoms with Crippen LogP contribution in [0.5, 0.6) is 0 Å². The molecular formula is C12H21N3O. The molecule has 1 aliphatic heterocycles. The SMILES string of the molecule is Cc1ncc(CNCC2(C)CCOCC2)[nH]1. The molecule has 0 aromatic carbocycles. The third-order valence-electron chi connectivity index (χ3n) is 3.32. The van der Waals surface area contributed by atoms with Gasteiger partial charge in [0.2, 0.25) is 0 Å². The lowest BCUT2D eigenvalue weighted by molar-refractivity contribution is 0.0240. The fraction of sp³-hybridized carbons (Fsp3) is 0.750. The van der Waals surface area contributed by atoms with Crippen LogP contribution in [-0.2, 0) is 11.3 Å². The maximum atomic E-state index is 5.39. The van der Waals surface area contributed by atoms with Gasteiger partial charge in [0.1, 0.15) is 5.82 Å². The van der Waals surface area contributed by atoms with Crippen molar-refractivity contribution in [3.05, 3.63) is 17.7 Å². The van der Waals surface area contributed by atoms with Gasteiger partial charge >= 0.3 is 0 Å². The summed E-state index contributed by atoms with van der Waals surface area (Å²) in [6, 6.07) is 0. The Kier molecular flexibility index (Phi) is 3.61. The first kappa shape index (κ1) is 11.6. The Morgan fingerprint density at radius 3 is 2.88 bits per heavy atom. The fourth-order valence-corrected chi connectivity index (χ4v) is 2.10. The molecule has 1 aromatic heterocycles. The summed E-state index contributed by atoms with van der Waals surface area (Å²) in [7, 11) is 0. The van der Waals surface area contributed by atoms with Gasteiger partial charge in [-0.1, -0.05) is 6.92 Å². The number of nitrogens with one attached hydrogen (secondary N) is 2. The van der Waals surface area contributed by atoms with E-state index in [0.29, 0.717) is 5.41 Å². The van der Waals surface area contributed by atoms with Crippen molar-refractivity contribution < 1.29 is 4.74 Å². The van der Waals surface area contributed by atoms with Crippen molar-refractivity contribution >= 4 is 0 Å². The van der Waals surface area contributed by atoms with Crippen LogP contribution in [0, 0.1) is 12.3 Å². The van der Waals surface area contributed by atoms with E-state index in [4.69, 9.17) is 4.74 Å². The van der Waals surface area contributed by atoms with Gasteiger partial charge in [-0.2, -0.15) is 0 Å². The highest BCUT2D eigenvalue weighted by Crippen LogP contribution is 2.28. The molecule has 1 aliphatic rings.